The Labute approximate surface area is 368 Å². The number of aliphatic hydroxyl groups excluding tert-OH is 2. The second-order valence-corrected chi connectivity index (χ2v) is 16.3. The third kappa shape index (κ3) is 11.5. The van der Waals surface area contributed by atoms with Crippen LogP contribution in [0.2, 0.25) is 0 Å². The van der Waals surface area contributed by atoms with Gasteiger partial charge in [-0.3, -0.25) is 14.4 Å². The van der Waals surface area contributed by atoms with Crippen molar-refractivity contribution in [2.24, 2.45) is 28.8 Å². The summed E-state index contributed by atoms with van der Waals surface area (Å²) < 4.78 is 34.5. The first-order valence-electron chi connectivity index (χ1n) is 21.2. The van der Waals surface area contributed by atoms with Gasteiger partial charge in [-0.2, -0.15) is 0 Å². The lowest BCUT2D eigenvalue weighted by atomic mass is 9.78. The van der Waals surface area contributed by atoms with Crippen molar-refractivity contribution in [2.75, 3.05) is 45.5 Å². The third-order valence-electron chi connectivity index (χ3n) is 11.6. The number of Topliss-reactive ketones (excluding diaryl/α,β-unsaturated/α-hetero) is 1. The van der Waals surface area contributed by atoms with Crippen LogP contribution in [-0.2, 0) is 38.1 Å². The SMILES string of the molecule is CCCCOCCOCCO/N=C/c1c2c(O)c3c(O)c(C)c4c(c3c1O)C(=O)[C@@](C)(O/C=C/[C@H](OC)[C@@H](C)[C@@H](OC(C)=O)[C@H](C)[C@H](O)[C@H](C)[C@@H](O)[C@H](C)/C=C/C=C(/C)C(=O)N2)O4. The number of hydrogen-bond acceptors (Lipinski definition) is 16. The smallest absolute Gasteiger partial charge is 0.312 e. The number of ketones is 1. The summed E-state index contributed by atoms with van der Waals surface area (Å²) in [6.45, 7) is 16.0. The molecule has 5 bridgehead atoms. The number of amides is 1. The molecule has 2 aromatic carbocycles. The standard InChI is InChI=1S/C46H64N2O15/c1-11-12-17-58-19-20-59-21-22-61-47-23-31-36-41(54)34-33(40(31)53)35-43(29(7)39(34)52)63-46(9,44(35)55)60-18-16-32(57-10)26(4)42(62-30(8)49)28(6)38(51)27(5)37(50)24(2)14-13-15-25(3)45(56)48-36/h13-16,18,23-24,26-28,32,37-38,42,50-54H,11-12,17,19-22H2,1-10H3,(H,48,56)/b14-13+,18-16+,25-15-,47-23+/t24-,26-,27-,28-,32+,37+,38-,42-,46+/m1/s1. The fourth-order valence-electron chi connectivity index (χ4n) is 7.68. The topological polar surface area (TPSA) is 241 Å². The molecule has 3 aliphatic heterocycles. The van der Waals surface area contributed by atoms with Crippen LogP contribution in [0.25, 0.3) is 10.8 Å². The number of oxime groups is 1. The number of hydrogen-bond donors (Lipinski definition) is 6. The average Bonchev–Trinajstić information content (AvgIpc) is 3.51. The first kappa shape index (κ1) is 50.4. The van der Waals surface area contributed by atoms with Crippen molar-refractivity contribution in [3.05, 3.63) is 52.8 Å². The number of carbonyl (C=O) groups excluding carboxylic acids is 3. The molecule has 348 valence electrons. The minimum absolute atomic E-state index is 0.0103. The molecule has 0 unspecified atom stereocenters. The van der Waals surface area contributed by atoms with Crippen molar-refractivity contribution < 1.29 is 73.2 Å². The predicted octanol–water partition coefficient (Wildman–Crippen LogP) is 5.94. The maximum atomic E-state index is 14.4. The number of allylic oxidation sites excluding steroid dienone is 2. The van der Waals surface area contributed by atoms with Gasteiger partial charge >= 0.3 is 11.8 Å². The minimum Gasteiger partial charge on any atom is -0.507 e. The molecule has 0 aliphatic carbocycles. The highest BCUT2D eigenvalue weighted by Crippen LogP contribution is 2.55. The van der Waals surface area contributed by atoms with E-state index in [4.69, 9.17) is 33.3 Å². The summed E-state index contributed by atoms with van der Waals surface area (Å²) in [4.78, 5) is 45.8. The number of nitrogens with zero attached hydrogens (tertiary/aromatic N) is 1. The summed E-state index contributed by atoms with van der Waals surface area (Å²) in [7, 11) is 1.42. The van der Waals surface area contributed by atoms with Crippen molar-refractivity contribution >= 4 is 40.3 Å². The molecule has 3 aliphatic rings. The van der Waals surface area contributed by atoms with Gasteiger partial charge in [0.05, 0.1) is 72.8 Å². The summed E-state index contributed by atoms with van der Waals surface area (Å²) in [5.74, 6) is -8.82. The Morgan fingerprint density at radius 3 is 2.22 bits per heavy atom. The minimum atomic E-state index is -2.08. The summed E-state index contributed by atoms with van der Waals surface area (Å²) in [6, 6.07) is 0. The van der Waals surface area contributed by atoms with Crippen molar-refractivity contribution in [3.63, 3.8) is 0 Å². The van der Waals surface area contributed by atoms with Crippen LogP contribution in [0.1, 0.15) is 89.7 Å². The second kappa shape index (κ2) is 22.4. The van der Waals surface area contributed by atoms with Crippen LogP contribution >= 0.6 is 0 Å². The first-order chi connectivity index (χ1) is 29.8. The van der Waals surface area contributed by atoms with Gasteiger partial charge in [0.15, 0.2) is 5.75 Å². The molecule has 0 aromatic heterocycles. The van der Waals surface area contributed by atoms with Gasteiger partial charge in [0.25, 0.3) is 11.7 Å². The Morgan fingerprint density at radius 2 is 1.57 bits per heavy atom. The van der Waals surface area contributed by atoms with E-state index in [0.29, 0.717) is 19.8 Å². The van der Waals surface area contributed by atoms with E-state index in [1.165, 1.54) is 53.2 Å². The molecule has 63 heavy (non-hydrogen) atoms. The zero-order chi connectivity index (χ0) is 46.8. The Kier molecular flexibility index (Phi) is 18.0. The van der Waals surface area contributed by atoms with Gasteiger partial charge in [-0.25, -0.2) is 0 Å². The Bertz CT molecular complexity index is 2080. The van der Waals surface area contributed by atoms with Gasteiger partial charge in [-0.1, -0.05) is 64.4 Å². The van der Waals surface area contributed by atoms with Crippen LogP contribution in [0.5, 0.6) is 23.0 Å². The molecular formula is C46H64N2O15. The van der Waals surface area contributed by atoms with Gasteiger partial charge in [-0.05, 0) is 26.3 Å². The largest absolute Gasteiger partial charge is 0.507 e. The van der Waals surface area contributed by atoms with E-state index in [9.17, 15) is 39.9 Å². The van der Waals surface area contributed by atoms with E-state index in [2.05, 4.69) is 17.4 Å². The molecule has 17 nitrogen and oxygen atoms in total. The van der Waals surface area contributed by atoms with Crippen LogP contribution in [-0.4, -0.2) is 120 Å². The molecule has 1 amide bonds. The molecule has 0 saturated heterocycles. The molecule has 0 saturated carbocycles. The average molecular weight is 885 g/mol. The van der Waals surface area contributed by atoms with Crippen molar-refractivity contribution in [2.45, 2.75) is 105 Å². The highest BCUT2D eigenvalue weighted by atomic mass is 16.7. The van der Waals surface area contributed by atoms with Gasteiger partial charge in [0.1, 0.15) is 30.0 Å². The molecular weight excluding hydrogens is 821 g/mol. The van der Waals surface area contributed by atoms with Crippen molar-refractivity contribution in [1.82, 2.24) is 0 Å². The highest BCUT2D eigenvalue weighted by Gasteiger charge is 2.50. The predicted molar refractivity (Wildman–Crippen MR) is 234 cm³/mol. The third-order valence-corrected chi connectivity index (χ3v) is 11.6. The van der Waals surface area contributed by atoms with Crippen molar-refractivity contribution in [1.29, 1.82) is 0 Å². The molecule has 9 atom stereocenters. The van der Waals surface area contributed by atoms with Crippen LogP contribution < -0.4 is 10.1 Å². The number of aliphatic hydroxyl groups is 2. The lowest BCUT2D eigenvalue weighted by molar-refractivity contribution is -0.160. The van der Waals surface area contributed by atoms with Crippen LogP contribution in [0.4, 0.5) is 5.69 Å². The van der Waals surface area contributed by atoms with Gasteiger partial charge in [0, 0.05) is 67.8 Å². The number of benzene rings is 2. The van der Waals surface area contributed by atoms with E-state index < -0.39 is 88.8 Å². The maximum absolute atomic E-state index is 14.4. The lowest BCUT2D eigenvalue weighted by Crippen LogP contribution is -2.46. The number of esters is 1. The number of nitrogens with one attached hydrogen (secondary N) is 1. The number of aromatic hydroxyl groups is 3. The van der Waals surface area contributed by atoms with Crippen LogP contribution in [0.15, 0.2) is 41.3 Å². The fourth-order valence-corrected chi connectivity index (χ4v) is 7.68. The summed E-state index contributed by atoms with van der Waals surface area (Å²) in [5.41, 5.74) is -0.723. The molecule has 0 fully saturated rings. The number of ether oxygens (including phenoxy) is 6. The molecule has 0 radical (unpaired) electrons. The van der Waals surface area contributed by atoms with Crippen molar-refractivity contribution in [3.8, 4) is 23.0 Å². The number of unbranched alkanes of at least 4 members (excludes halogenated alkanes) is 1. The molecule has 3 heterocycles. The molecule has 6 N–H and O–H groups in total. The quantitative estimate of drug-likeness (QED) is 0.0341. The van der Waals surface area contributed by atoms with Crippen LogP contribution in [0, 0.1) is 30.6 Å². The number of phenols is 3. The number of anilines is 1. The monoisotopic (exact) mass is 884 g/mol. The van der Waals surface area contributed by atoms with E-state index in [0.717, 1.165) is 19.1 Å². The molecule has 0 spiro atoms. The normalized spacial score (nSPS) is 28.9. The second-order valence-electron chi connectivity index (χ2n) is 16.3. The van der Waals surface area contributed by atoms with Crippen LogP contribution in [0.3, 0.4) is 0 Å². The van der Waals surface area contributed by atoms with Gasteiger partial charge in [-0.15, -0.1) is 0 Å². The number of rotatable bonds is 13. The first-order valence-corrected chi connectivity index (χ1v) is 21.2. The number of carbonyl (C=O) groups is 3. The molecule has 17 heteroatoms. The fraction of sp³-hybridized carbons (Fsp3) is 0.565. The zero-order valence-corrected chi connectivity index (χ0v) is 37.8. The molecule has 2 aromatic rings. The summed E-state index contributed by atoms with van der Waals surface area (Å²) in [6.07, 6.45) is 6.38. The van der Waals surface area contributed by atoms with E-state index in [1.54, 1.807) is 39.8 Å². The zero-order valence-electron chi connectivity index (χ0n) is 37.8. The Balaban J connectivity index is 1.85. The Hall–Kier alpha value is -5.20. The van der Waals surface area contributed by atoms with E-state index >= 15 is 0 Å². The summed E-state index contributed by atoms with van der Waals surface area (Å²) in [5, 5.41) is 64.1. The maximum Gasteiger partial charge on any atom is 0.312 e. The van der Waals surface area contributed by atoms with E-state index in [1.807, 2.05) is 0 Å². The lowest BCUT2D eigenvalue weighted by Gasteiger charge is -2.38. The van der Waals surface area contributed by atoms with Gasteiger partial charge in [0.2, 0.25) is 0 Å². The molecule has 5 rings (SSSR count). The number of phenolic OH excluding ortho intramolecular Hbond substituents is 3. The van der Waals surface area contributed by atoms with E-state index in [-0.39, 0.29) is 57.7 Å². The number of methoxy groups -OCH3 is 1. The van der Waals surface area contributed by atoms with Gasteiger partial charge < -0.3 is 64.1 Å². The Morgan fingerprint density at radius 1 is 0.905 bits per heavy atom. The highest BCUT2D eigenvalue weighted by molar-refractivity contribution is 6.23. The number of fused-ring (bicyclic) bond motifs is 14. The summed E-state index contributed by atoms with van der Waals surface area (Å²) >= 11 is 0.